The van der Waals surface area contributed by atoms with Crippen LogP contribution < -0.4 is 5.73 Å². The Morgan fingerprint density at radius 3 is 2.30 bits per heavy atom. The van der Waals surface area contributed by atoms with Crippen LogP contribution >= 0.6 is 0 Å². The van der Waals surface area contributed by atoms with Crippen molar-refractivity contribution in [3.05, 3.63) is 30.1 Å². The van der Waals surface area contributed by atoms with Crippen LogP contribution in [0.3, 0.4) is 0 Å². The third-order valence-electron chi connectivity index (χ3n) is 0.813. The molecule has 0 saturated carbocycles. The van der Waals surface area contributed by atoms with E-state index in [0.717, 1.165) is 12.2 Å². The fourth-order valence-corrected chi connectivity index (χ4v) is 0.448. The molecule has 2 N–H and O–H groups in total. The van der Waals surface area contributed by atoms with Crippen LogP contribution in [0.2, 0.25) is 0 Å². The summed E-state index contributed by atoms with van der Waals surface area (Å²) in [5.41, 5.74) is 5.92. The Labute approximate surface area is 62.1 Å². The van der Waals surface area contributed by atoms with Gasteiger partial charge in [-0.15, -0.1) is 0 Å². The number of rotatable bonds is 0. The molecule has 10 heavy (non-hydrogen) atoms. The molecule has 2 heteroatoms. The molecule has 0 radical (unpaired) electrons. The minimum atomic E-state index is 0.750. The maximum atomic E-state index is 4.85. The minimum Gasteiger partial charge on any atom is -0.331 e. The Morgan fingerprint density at radius 1 is 1.50 bits per heavy atom. The molecule has 1 heterocycles. The largest absolute Gasteiger partial charge is 0.331 e. The second-order valence-corrected chi connectivity index (χ2v) is 1.88. The summed E-state index contributed by atoms with van der Waals surface area (Å²) in [5, 5.41) is 0. The summed E-state index contributed by atoms with van der Waals surface area (Å²) in [7, 11) is 0. The fourth-order valence-electron chi connectivity index (χ4n) is 0.448. The monoisotopic (exact) mass is 138 g/mol. The van der Waals surface area contributed by atoms with Crippen LogP contribution in [0.1, 0.15) is 12.6 Å². The van der Waals surface area contributed by atoms with Gasteiger partial charge >= 0.3 is 0 Å². The molecule has 0 atom stereocenters. The van der Waals surface area contributed by atoms with Gasteiger partial charge in [0.15, 0.2) is 0 Å². The maximum Gasteiger partial charge on any atom is 0.0372 e. The van der Waals surface area contributed by atoms with E-state index in [-0.39, 0.29) is 0 Å². The van der Waals surface area contributed by atoms with Gasteiger partial charge in [0.05, 0.1) is 0 Å². The first kappa shape index (κ1) is 9.11. The molecule has 0 bridgehead atoms. The van der Waals surface area contributed by atoms with Gasteiger partial charge in [0.25, 0.3) is 0 Å². The number of pyridine rings is 1. The van der Waals surface area contributed by atoms with Crippen LogP contribution in [0.4, 0.5) is 0 Å². The Morgan fingerprint density at radius 2 is 2.10 bits per heavy atom. The molecular formula is C8H14N2. The van der Waals surface area contributed by atoms with Crippen molar-refractivity contribution in [2.75, 3.05) is 6.54 Å². The van der Waals surface area contributed by atoms with Crippen LogP contribution in [-0.4, -0.2) is 11.5 Å². The number of nitrogens with two attached hydrogens (primary N) is 1. The molecule has 0 aliphatic rings. The van der Waals surface area contributed by atoms with E-state index in [1.807, 2.05) is 32.0 Å². The standard InChI is InChI=1S/C6H7N.C2H7N/c1-6-4-2-3-5-7-6;1-2-3/h2-5H,1H3;2-3H2,1H3. The second kappa shape index (κ2) is 6.23. The molecule has 0 aliphatic heterocycles. The fraction of sp³-hybridized carbons (Fsp3) is 0.375. The molecule has 0 aliphatic carbocycles. The van der Waals surface area contributed by atoms with Crippen LogP contribution in [0.25, 0.3) is 0 Å². The highest BCUT2D eigenvalue weighted by Crippen LogP contribution is 1.85. The molecule has 1 rings (SSSR count). The summed E-state index contributed by atoms with van der Waals surface area (Å²) in [6.07, 6.45) is 1.79. The lowest BCUT2D eigenvalue weighted by Gasteiger charge is -1.82. The molecule has 0 spiro atoms. The first-order valence-corrected chi connectivity index (χ1v) is 3.39. The highest BCUT2D eigenvalue weighted by atomic mass is 14.6. The molecule has 0 saturated heterocycles. The predicted octanol–water partition coefficient (Wildman–Crippen LogP) is 1.36. The van der Waals surface area contributed by atoms with Crippen molar-refractivity contribution in [3.8, 4) is 0 Å². The van der Waals surface area contributed by atoms with Crippen LogP contribution in [0, 0.1) is 6.92 Å². The zero-order valence-electron chi connectivity index (χ0n) is 6.54. The summed E-state index contributed by atoms with van der Waals surface area (Å²) in [4.78, 5) is 3.98. The molecule has 1 aromatic rings. The van der Waals surface area contributed by atoms with Gasteiger partial charge in [-0.05, 0) is 25.6 Å². The lowest BCUT2D eigenvalue weighted by Crippen LogP contribution is -1.87. The smallest absolute Gasteiger partial charge is 0.0372 e. The predicted molar refractivity (Wildman–Crippen MR) is 43.7 cm³/mol. The quantitative estimate of drug-likeness (QED) is 0.587. The third kappa shape index (κ3) is 5.25. The summed E-state index contributed by atoms with van der Waals surface area (Å²) in [5.74, 6) is 0. The van der Waals surface area contributed by atoms with Crippen molar-refractivity contribution in [3.63, 3.8) is 0 Å². The van der Waals surface area contributed by atoms with Gasteiger partial charge in [-0.2, -0.15) is 0 Å². The van der Waals surface area contributed by atoms with Crippen molar-refractivity contribution >= 4 is 0 Å². The third-order valence-corrected chi connectivity index (χ3v) is 0.813. The molecule has 56 valence electrons. The van der Waals surface area contributed by atoms with Crippen LogP contribution in [0.5, 0.6) is 0 Å². The van der Waals surface area contributed by atoms with E-state index >= 15 is 0 Å². The molecular weight excluding hydrogens is 124 g/mol. The second-order valence-electron chi connectivity index (χ2n) is 1.88. The molecule has 0 aromatic carbocycles. The Balaban J connectivity index is 0.000000236. The molecule has 0 fully saturated rings. The average molecular weight is 138 g/mol. The van der Waals surface area contributed by atoms with Crippen molar-refractivity contribution in [2.24, 2.45) is 5.73 Å². The Kier molecular flexibility index (Phi) is 5.68. The number of nitrogens with zero attached hydrogens (tertiary/aromatic N) is 1. The average Bonchev–Trinajstić information content (AvgIpc) is 1.91. The first-order valence-electron chi connectivity index (χ1n) is 3.39. The van der Waals surface area contributed by atoms with E-state index in [2.05, 4.69) is 4.98 Å². The zero-order chi connectivity index (χ0) is 7.82. The Hall–Kier alpha value is -0.890. The molecule has 2 nitrogen and oxygen atoms in total. The van der Waals surface area contributed by atoms with Crippen LogP contribution in [0.15, 0.2) is 24.4 Å². The SMILES string of the molecule is CCN.Cc1ccccn1. The number of hydrogen-bond acceptors (Lipinski definition) is 2. The highest BCUT2D eigenvalue weighted by Gasteiger charge is 1.73. The summed E-state index contributed by atoms with van der Waals surface area (Å²) in [6.45, 7) is 4.62. The highest BCUT2D eigenvalue weighted by molar-refractivity contribution is 4.99. The minimum absolute atomic E-state index is 0.750. The summed E-state index contributed by atoms with van der Waals surface area (Å²) < 4.78 is 0. The number of hydrogen-bond donors (Lipinski definition) is 1. The maximum absolute atomic E-state index is 4.85. The van der Waals surface area contributed by atoms with Crippen molar-refractivity contribution in [2.45, 2.75) is 13.8 Å². The van der Waals surface area contributed by atoms with Crippen LogP contribution in [-0.2, 0) is 0 Å². The molecule has 1 aromatic heterocycles. The lowest BCUT2D eigenvalue weighted by molar-refractivity contribution is 1.14. The van der Waals surface area contributed by atoms with E-state index in [1.54, 1.807) is 6.20 Å². The summed E-state index contributed by atoms with van der Waals surface area (Å²) in [6, 6.07) is 5.86. The first-order chi connectivity index (χ1) is 4.81. The van der Waals surface area contributed by atoms with E-state index < -0.39 is 0 Å². The van der Waals surface area contributed by atoms with Gasteiger partial charge in [-0.25, -0.2) is 0 Å². The normalized spacial score (nSPS) is 7.90. The van der Waals surface area contributed by atoms with E-state index in [9.17, 15) is 0 Å². The van der Waals surface area contributed by atoms with Gasteiger partial charge < -0.3 is 5.73 Å². The van der Waals surface area contributed by atoms with E-state index in [1.165, 1.54) is 0 Å². The Bertz CT molecular complexity index is 149. The molecule has 0 amide bonds. The van der Waals surface area contributed by atoms with Gasteiger partial charge in [0.2, 0.25) is 0 Å². The molecule has 0 unspecified atom stereocenters. The number of aryl methyl sites for hydroxylation is 1. The topological polar surface area (TPSA) is 38.9 Å². The van der Waals surface area contributed by atoms with Crippen molar-refractivity contribution < 1.29 is 0 Å². The lowest BCUT2D eigenvalue weighted by atomic mass is 10.4. The van der Waals surface area contributed by atoms with Crippen molar-refractivity contribution in [1.82, 2.24) is 4.98 Å². The van der Waals surface area contributed by atoms with Gasteiger partial charge in [-0.1, -0.05) is 13.0 Å². The van der Waals surface area contributed by atoms with Gasteiger partial charge in [0.1, 0.15) is 0 Å². The van der Waals surface area contributed by atoms with Gasteiger partial charge in [-0.3, -0.25) is 4.98 Å². The number of aromatic nitrogens is 1. The van der Waals surface area contributed by atoms with E-state index in [4.69, 9.17) is 5.73 Å². The zero-order valence-corrected chi connectivity index (χ0v) is 6.54. The van der Waals surface area contributed by atoms with Gasteiger partial charge in [0, 0.05) is 11.9 Å². The van der Waals surface area contributed by atoms with Crippen molar-refractivity contribution in [1.29, 1.82) is 0 Å². The summed E-state index contributed by atoms with van der Waals surface area (Å²) >= 11 is 0. The van der Waals surface area contributed by atoms with E-state index in [0.29, 0.717) is 0 Å².